The Labute approximate surface area is 122 Å². The highest BCUT2D eigenvalue weighted by molar-refractivity contribution is 7.12. The zero-order valence-corrected chi connectivity index (χ0v) is 12.3. The summed E-state index contributed by atoms with van der Waals surface area (Å²) in [6.07, 6.45) is 3.61. The Bertz CT molecular complexity index is 725. The van der Waals surface area contributed by atoms with Crippen molar-refractivity contribution in [3.05, 3.63) is 58.4 Å². The van der Waals surface area contributed by atoms with Crippen LogP contribution in [-0.2, 0) is 6.54 Å². The largest absolute Gasteiger partial charge is 0.347 e. The summed E-state index contributed by atoms with van der Waals surface area (Å²) in [5, 5.41) is 3.23. The number of benzene rings is 1. The monoisotopic (exact) mass is 283 g/mol. The molecule has 2 aromatic heterocycles. The fourth-order valence-electron chi connectivity index (χ4n) is 2.48. The van der Waals surface area contributed by atoms with E-state index in [9.17, 15) is 4.79 Å². The van der Waals surface area contributed by atoms with Crippen LogP contribution in [0.4, 0.5) is 0 Å². The van der Waals surface area contributed by atoms with Crippen molar-refractivity contribution in [2.24, 2.45) is 0 Å². The number of carbonyl (C=O) groups is 1. The van der Waals surface area contributed by atoms with E-state index < -0.39 is 0 Å². The van der Waals surface area contributed by atoms with Gasteiger partial charge in [-0.15, -0.1) is 11.3 Å². The van der Waals surface area contributed by atoms with Gasteiger partial charge in [-0.25, -0.2) is 0 Å². The summed E-state index contributed by atoms with van der Waals surface area (Å²) >= 11 is 1.53. The zero-order chi connectivity index (χ0) is 13.9. The maximum Gasteiger partial charge on any atom is 0.172 e. The highest BCUT2D eigenvalue weighted by Crippen LogP contribution is 2.18. The molecule has 3 rings (SSSR count). The molecule has 0 aliphatic heterocycles. The second kappa shape index (κ2) is 5.63. The molecule has 1 aromatic carbocycles. The Morgan fingerprint density at radius 3 is 2.95 bits per heavy atom. The fourth-order valence-corrected chi connectivity index (χ4v) is 3.18. The first-order valence-corrected chi connectivity index (χ1v) is 7.74. The van der Waals surface area contributed by atoms with Gasteiger partial charge in [0, 0.05) is 24.7 Å². The standard InChI is InChI=1S/C17H17NOS/c1-13-6-7-15-14(12-13)8-10-18(15)9-2-4-16(19)17-5-3-11-20-17/h3,5-8,10-12H,2,4,9H2,1H3. The molecular formula is C17H17NOS. The van der Waals surface area contributed by atoms with Crippen molar-refractivity contribution < 1.29 is 4.79 Å². The third-order valence-electron chi connectivity index (χ3n) is 3.53. The summed E-state index contributed by atoms with van der Waals surface area (Å²) in [5.41, 5.74) is 2.53. The van der Waals surface area contributed by atoms with Gasteiger partial charge in [-0.3, -0.25) is 4.79 Å². The number of hydrogen-bond acceptors (Lipinski definition) is 2. The maximum absolute atomic E-state index is 11.9. The minimum atomic E-state index is 0.257. The maximum atomic E-state index is 11.9. The van der Waals surface area contributed by atoms with E-state index >= 15 is 0 Å². The molecule has 0 bridgehead atoms. The van der Waals surface area contributed by atoms with Gasteiger partial charge in [0.05, 0.1) is 4.88 Å². The number of nitrogens with zero attached hydrogens (tertiary/aromatic N) is 1. The summed E-state index contributed by atoms with van der Waals surface area (Å²) in [4.78, 5) is 12.8. The first-order chi connectivity index (χ1) is 9.74. The second-order valence-electron chi connectivity index (χ2n) is 5.08. The molecule has 102 valence electrons. The summed E-state index contributed by atoms with van der Waals surface area (Å²) in [7, 11) is 0. The van der Waals surface area contributed by atoms with Crippen LogP contribution in [0.2, 0.25) is 0 Å². The number of rotatable bonds is 5. The van der Waals surface area contributed by atoms with E-state index in [1.807, 2.05) is 17.5 Å². The number of carbonyl (C=O) groups excluding carboxylic acids is 1. The first kappa shape index (κ1) is 13.1. The number of hydrogen-bond donors (Lipinski definition) is 0. The Kier molecular flexibility index (Phi) is 3.70. The van der Waals surface area contributed by atoms with Crippen molar-refractivity contribution in [3.63, 3.8) is 0 Å². The van der Waals surface area contributed by atoms with E-state index in [2.05, 4.69) is 42.0 Å². The van der Waals surface area contributed by atoms with Gasteiger partial charge in [0.2, 0.25) is 0 Å². The molecule has 0 saturated carbocycles. The molecule has 2 heterocycles. The minimum absolute atomic E-state index is 0.257. The van der Waals surface area contributed by atoms with Crippen molar-refractivity contribution in [3.8, 4) is 0 Å². The molecule has 0 fully saturated rings. The predicted molar refractivity (Wildman–Crippen MR) is 84.6 cm³/mol. The van der Waals surface area contributed by atoms with Crippen molar-refractivity contribution in [2.75, 3.05) is 0 Å². The fraction of sp³-hybridized carbons (Fsp3) is 0.235. The van der Waals surface area contributed by atoms with Gasteiger partial charge in [0.1, 0.15) is 0 Å². The molecular weight excluding hydrogens is 266 g/mol. The lowest BCUT2D eigenvalue weighted by molar-refractivity contribution is 0.0982. The molecule has 0 aliphatic carbocycles. The molecule has 0 saturated heterocycles. The normalized spacial score (nSPS) is 11.1. The molecule has 3 heteroatoms. The smallest absolute Gasteiger partial charge is 0.172 e. The van der Waals surface area contributed by atoms with E-state index in [1.165, 1.54) is 27.8 Å². The van der Waals surface area contributed by atoms with Gasteiger partial charge in [-0.2, -0.15) is 0 Å². The van der Waals surface area contributed by atoms with Crippen LogP contribution in [0.3, 0.4) is 0 Å². The molecule has 3 aromatic rings. The third kappa shape index (κ3) is 2.68. The van der Waals surface area contributed by atoms with Gasteiger partial charge in [-0.1, -0.05) is 17.7 Å². The van der Waals surface area contributed by atoms with E-state index in [-0.39, 0.29) is 5.78 Å². The summed E-state index contributed by atoms with van der Waals surface area (Å²) in [6.45, 7) is 3.00. The minimum Gasteiger partial charge on any atom is -0.347 e. The summed E-state index contributed by atoms with van der Waals surface area (Å²) in [5.74, 6) is 0.257. The molecule has 0 aliphatic rings. The van der Waals surface area contributed by atoms with Gasteiger partial charge in [-0.05, 0) is 48.4 Å². The van der Waals surface area contributed by atoms with Crippen molar-refractivity contribution >= 4 is 28.0 Å². The lowest BCUT2D eigenvalue weighted by Gasteiger charge is -2.05. The zero-order valence-electron chi connectivity index (χ0n) is 11.5. The average Bonchev–Trinajstić information content (AvgIpc) is 3.08. The van der Waals surface area contributed by atoms with Gasteiger partial charge >= 0.3 is 0 Å². The van der Waals surface area contributed by atoms with Crippen molar-refractivity contribution in [1.29, 1.82) is 0 Å². The van der Waals surface area contributed by atoms with E-state index in [0.29, 0.717) is 6.42 Å². The topological polar surface area (TPSA) is 22.0 Å². The second-order valence-corrected chi connectivity index (χ2v) is 6.02. The quantitative estimate of drug-likeness (QED) is 0.623. The van der Waals surface area contributed by atoms with Crippen molar-refractivity contribution in [1.82, 2.24) is 4.57 Å². The molecule has 0 radical (unpaired) electrons. The van der Waals surface area contributed by atoms with E-state index in [0.717, 1.165) is 17.8 Å². The SMILES string of the molecule is Cc1ccc2c(ccn2CCCC(=O)c2cccs2)c1. The lowest BCUT2D eigenvalue weighted by Crippen LogP contribution is -2.01. The van der Waals surface area contributed by atoms with Crippen LogP contribution in [0.15, 0.2) is 48.0 Å². The Morgan fingerprint density at radius 1 is 1.25 bits per heavy atom. The Balaban J connectivity index is 1.64. The van der Waals surface area contributed by atoms with Crippen LogP contribution in [0.1, 0.15) is 28.1 Å². The highest BCUT2D eigenvalue weighted by atomic mass is 32.1. The number of aryl methyl sites for hydroxylation is 2. The van der Waals surface area contributed by atoms with Crippen LogP contribution in [-0.4, -0.2) is 10.4 Å². The first-order valence-electron chi connectivity index (χ1n) is 6.86. The molecule has 0 spiro atoms. The molecule has 2 nitrogen and oxygen atoms in total. The number of ketones is 1. The lowest BCUT2D eigenvalue weighted by atomic mass is 10.2. The summed E-state index contributed by atoms with van der Waals surface area (Å²) < 4.78 is 2.23. The third-order valence-corrected chi connectivity index (χ3v) is 4.44. The molecule has 0 amide bonds. The number of aromatic nitrogens is 1. The van der Waals surface area contributed by atoms with Crippen LogP contribution in [0, 0.1) is 6.92 Å². The molecule has 20 heavy (non-hydrogen) atoms. The summed E-state index contributed by atoms with van der Waals surface area (Å²) in [6, 6.07) is 12.5. The molecule has 0 N–H and O–H groups in total. The van der Waals surface area contributed by atoms with Gasteiger partial charge < -0.3 is 4.57 Å². The number of thiophene rings is 1. The molecule has 0 unspecified atom stereocenters. The van der Waals surface area contributed by atoms with Gasteiger partial charge in [0.25, 0.3) is 0 Å². The van der Waals surface area contributed by atoms with Crippen LogP contribution in [0.25, 0.3) is 10.9 Å². The average molecular weight is 283 g/mol. The van der Waals surface area contributed by atoms with Gasteiger partial charge in [0.15, 0.2) is 5.78 Å². The number of fused-ring (bicyclic) bond motifs is 1. The Morgan fingerprint density at radius 2 is 2.15 bits per heavy atom. The number of Topliss-reactive ketones (excluding diaryl/α,β-unsaturated/α-hetero) is 1. The van der Waals surface area contributed by atoms with Crippen LogP contribution >= 0.6 is 11.3 Å². The predicted octanol–water partition coefficient (Wildman–Crippen LogP) is 4.67. The van der Waals surface area contributed by atoms with Crippen LogP contribution in [0.5, 0.6) is 0 Å². The van der Waals surface area contributed by atoms with Crippen molar-refractivity contribution in [2.45, 2.75) is 26.3 Å². The Hall–Kier alpha value is -1.87. The van der Waals surface area contributed by atoms with E-state index in [4.69, 9.17) is 0 Å². The van der Waals surface area contributed by atoms with Crippen LogP contribution < -0.4 is 0 Å². The molecule has 0 atom stereocenters. The van der Waals surface area contributed by atoms with E-state index in [1.54, 1.807) is 0 Å². The highest BCUT2D eigenvalue weighted by Gasteiger charge is 2.07.